The van der Waals surface area contributed by atoms with Crippen LogP contribution in [0.3, 0.4) is 0 Å². The van der Waals surface area contributed by atoms with Crippen molar-refractivity contribution in [1.29, 1.82) is 0 Å². The molecule has 1 heterocycles. The third-order valence-electron chi connectivity index (χ3n) is 2.52. The fourth-order valence-corrected chi connectivity index (χ4v) is 2.11. The zero-order chi connectivity index (χ0) is 11.7. The van der Waals surface area contributed by atoms with E-state index in [1.807, 2.05) is 25.1 Å². The molecule has 0 spiro atoms. The summed E-state index contributed by atoms with van der Waals surface area (Å²) in [6, 6.07) is 5.34. The highest BCUT2D eigenvalue weighted by Gasteiger charge is 2.25. The second-order valence-corrected chi connectivity index (χ2v) is 4.46. The monoisotopic (exact) mass is 282 g/mol. The van der Waals surface area contributed by atoms with Crippen LogP contribution < -0.4 is 10.2 Å². The van der Waals surface area contributed by atoms with E-state index in [0.717, 1.165) is 15.7 Å². The molecule has 0 unspecified atom stereocenters. The molecule has 1 aliphatic rings. The predicted octanol–water partition coefficient (Wildman–Crippen LogP) is 2.20. The topological polar surface area (TPSA) is 49.4 Å². The van der Waals surface area contributed by atoms with Crippen LogP contribution in [-0.2, 0) is 4.79 Å². The van der Waals surface area contributed by atoms with Gasteiger partial charge in [-0.05, 0) is 34.5 Å². The van der Waals surface area contributed by atoms with E-state index >= 15 is 0 Å². The molecule has 1 aromatic carbocycles. The molecule has 16 heavy (non-hydrogen) atoms. The Labute approximate surface area is 102 Å². The molecular weight excluding hydrogens is 272 g/mol. The molecule has 0 radical (unpaired) electrons. The highest BCUT2D eigenvalue weighted by molar-refractivity contribution is 9.10. The average Bonchev–Trinajstić information content (AvgIpc) is 2.23. The van der Waals surface area contributed by atoms with Crippen LogP contribution in [0.2, 0.25) is 0 Å². The summed E-state index contributed by atoms with van der Waals surface area (Å²) in [4.78, 5) is 24.2. The van der Waals surface area contributed by atoms with Crippen molar-refractivity contribution in [2.75, 3.05) is 11.4 Å². The number of aryl methyl sites for hydroxylation is 1. The Morgan fingerprint density at radius 2 is 2.12 bits per heavy atom. The lowest BCUT2D eigenvalue weighted by Gasteiger charge is -2.27. The summed E-state index contributed by atoms with van der Waals surface area (Å²) in [7, 11) is 0. The van der Waals surface area contributed by atoms with Gasteiger partial charge >= 0.3 is 6.03 Å². The van der Waals surface area contributed by atoms with Gasteiger partial charge in [-0.3, -0.25) is 15.0 Å². The number of hydrogen-bond donors (Lipinski definition) is 1. The number of nitrogens with zero attached hydrogens (tertiary/aromatic N) is 1. The summed E-state index contributed by atoms with van der Waals surface area (Å²) in [5.41, 5.74) is 1.85. The van der Waals surface area contributed by atoms with E-state index in [1.165, 1.54) is 0 Å². The molecule has 84 valence electrons. The minimum absolute atomic E-state index is 0.218. The number of amides is 3. The minimum atomic E-state index is -0.359. The zero-order valence-electron chi connectivity index (χ0n) is 8.79. The predicted molar refractivity (Wildman–Crippen MR) is 64.4 cm³/mol. The number of anilines is 1. The van der Waals surface area contributed by atoms with Crippen molar-refractivity contribution in [3.8, 4) is 0 Å². The van der Waals surface area contributed by atoms with Gasteiger partial charge in [0.05, 0.1) is 5.69 Å². The van der Waals surface area contributed by atoms with Crippen LogP contribution in [-0.4, -0.2) is 18.5 Å². The maximum Gasteiger partial charge on any atom is 0.328 e. The van der Waals surface area contributed by atoms with Gasteiger partial charge in [0.25, 0.3) is 0 Å². The van der Waals surface area contributed by atoms with Gasteiger partial charge < -0.3 is 0 Å². The highest BCUT2D eigenvalue weighted by Crippen LogP contribution is 2.30. The van der Waals surface area contributed by atoms with E-state index in [-0.39, 0.29) is 11.9 Å². The zero-order valence-corrected chi connectivity index (χ0v) is 10.4. The molecule has 5 heteroatoms. The van der Waals surface area contributed by atoms with Crippen molar-refractivity contribution < 1.29 is 9.59 Å². The SMILES string of the molecule is Cc1cccc(N2CCC(=O)NC2=O)c1Br. The lowest BCUT2D eigenvalue weighted by Crippen LogP contribution is -2.49. The quantitative estimate of drug-likeness (QED) is 0.859. The molecule has 0 aliphatic carbocycles. The number of benzene rings is 1. The number of carbonyl (C=O) groups excluding carboxylic acids is 2. The van der Waals surface area contributed by atoms with E-state index < -0.39 is 0 Å². The van der Waals surface area contributed by atoms with Crippen molar-refractivity contribution in [1.82, 2.24) is 5.32 Å². The number of hydrogen-bond acceptors (Lipinski definition) is 2. The van der Waals surface area contributed by atoms with Crippen LogP contribution in [0.4, 0.5) is 10.5 Å². The summed E-state index contributed by atoms with van der Waals surface area (Å²) in [6.07, 6.45) is 0.339. The first-order valence-electron chi connectivity index (χ1n) is 4.96. The first kappa shape index (κ1) is 11.1. The molecule has 2 rings (SSSR count). The molecule has 1 aromatic rings. The second kappa shape index (κ2) is 4.25. The van der Waals surface area contributed by atoms with Crippen molar-refractivity contribution in [3.63, 3.8) is 0 Å². The standard InChI is InChI=1S/C11H11BrN2O2/c1-7-3-2-4-8(10(7)12)14-6-5-9(15)13-11(14)16/h2-4H,5-6H2,1H3,(H,13,15,16). The van der Waals surface area contributed by atoms with Crippen LogP contribution in [0.15, 0.2) is 22.7 Å². The maximum atomic E-state index is 11.6. The highest BCUT2D eigenvalue weighted by atomic mass is 79.9. The molecule has 1 saturated heterocycles. The molecule has 0 saturated carbocycles. The van der Waals surface area contributed by atoms with E-state index in [4.69, 9.17) is 0 Å². The minimum Gasteiger partial charge on any atom is -0.292 e. The van der Waals surface area contributed by atoms with Gasteiger partial charge in [0, 0.05) is 17.4 Å². The Bertz CT molecular complexity index is 459. The normalized spacial score (nSPS) is 16.2. The van der Waals surface area contributed by atoms with E-state index in [2.05, 4.69) is 21.2 Å². The fourth-order valence-electron chi connectivity index (χ4n) is 1.63. The summed E-state index contributed by atoms with van der Waals surface area (Å²) in [5.74, 6) is -0.218. The van der Waals surface area contributed by atoms with E-state index in [1.54, 1.807) is 4.90 Å². The van der Waals surface area contributed by atoms with Crippen LogP contribution in [0.5, 0.6) is 0 Å². The molecule has 4 nitrogen and oxygen atoms in total. The van der Waals surface area contributed by atoms with E-state index in [0.29, 0.717) is 13.0 Å². The molecule has 1 N–H and O–H groups in total. The fraction of sp³-hybridized carbons (Fsp3) is 0.273. The third kappa shape index (κ3) is 1.95. The molecule has 0 bridgehead atoms. The van der Waals surface area contributed by atoms with Crippen molar-refractivity contribution in [3.05, 3.63) is 28.2 Å². The van der Waals surface area contributed by atoms with Crippen LogP contribution >= 0.6 is 15.9 Å². The summed E-state index contributed by atoms with van der Waals surface area (Å²) in [5, 5.41) is 2.30. The lowest BCUT2D eigenvalue weighted by atomic mass is 10.2. The Morgan fingerprint density at radius 3 is 2.81 bits per heavy atom. The summed E-state index contributed by atoms with van der Waals surface area (Å²) in [6.45, 7) is 2.38. The van der Waals surface area contributed by atoms with Crippen LogP contribution in [0, 0.1) is 6.92 Å². The largest absolute Gasteiger partial charge is 0.328 e. The number of imide groups is 1. The number of rotatable bonds is 1. The van der Waals surface area contributed by atoms with E-state index in [9.17, 15) is 9.59 Å². The first-order valence-corrected chi connectivity index (χ1v) is 5.75. The first-order chi connectivity index (χ1) is 7.59. The van der Waals surface area contributed by atoms with Gasteiger partial charge in [-0.1, -0.05) is 12.1 Å². The lowest BCUT2D eigenvalue weighted by molar-refractivity contribution is -0.120. The van der Waals surface area contributed by atoms with Crippen LogP contribution in [0.1, 0.15) is 12.0 Å². The maximum absolute atomic E-state index is 11.6. The Kier molecular flexibility index (Phi) is 2.96. The van der Waals surface area contributed by atoms with Crippen molar-refractivity contribution in [2.45, 2.75) is 13.3 Å². The summed E-state index contributed by atoms with van der Waals surface area (Å²) < 4.78 is 0.888. The average molecular weight is 283 g/mol. The van der Waals surface area contributed by atoms with Crippen molar-refractivity contribution in [2.24, 2.45) is 0 Å². The third-order valence-corrected chi connectivity index (χ3v) is 3.55. The number of carbonyl (C=O) groups is 2. The van der Waals surface area contributed by atoms with Crippen molar-refractivity contribution >= 4 is 33.6 Å². The molecule has 1 fully saturated rings. The van der Waals surface area contributed by atoms with Gasteiger partial charge in [0.15, 0.2) is 0 Å². The molecule has 0 atom stereocenters. The Balaban J connectivity index is 2.34. The Morgan fingerprint density at radius 1 is 1.38 bits per heavy atom. The number of urea groups is 1. The van der Waals surface area contributed by atoms with Gasteiger partial charge in [-0.2, -0.15) is 0 Å². The molecule has 1 aliphatic heterocycles. The van der Waals surface area contributed by atoms with Gasteiger partial charge in [-0.25, -0.2) is 4.79 Å². The number of halogens is 1. The molecule has 3 amide bonds. The van der Waals surface area contributed by atoms with Gasteiger partial charge in [0.2, 0.25) is 5.91 Å². The Hall–Kier alpha value is -1.36. The van der Waals surface area contributed by atoms with Gasteiger partial charge in [0.1, 0.15) is 0 Å². The smallest absolute Gasteiger partial charge is 0.292 e. The van der Waals surface area contributed by atoms with Gasteiger partial charge in [-0.15, -0.1) is 0 Å². The van der Waals surface area contributed by atoms with Crippen LogP contribution in [0.25, 0.3) is 0 Å². The molecular formula is C11H11BrN2O2. The summed E-state index contributed by atoms with van der Waals surface area (Å²) >= 11 is 3.45. The molecule has 0 aromatic heterocycles. The number of nitrogens with one attached hydrogen (secondary N) is 1. The second-order valence-electron chi connectivity index (χ2n) is 3.66.